The molecule has 7 nitrogen and oxygen atoms in total. The van der Waals surface area contributed by atoms with Crippen LogP contribution in [0.15, 0.2) is 78.9 Å². The zero-order chi connectivity index (χ0) is 25.1. The van der Waals surface area contributed by atoms with E-state index in [4.69, 9.17) is 4.74 Å². The molecule has 182 valence electrons. The number of hydrogen-bond acceptors (Lipinski definition) is 5. The average molecular weight is 481 g/mol. The Kier molecular flexibility index (Phi) is 6.54. The summed E-state index contributed by atoms with van der Waals surface area (Å²) in [6.45, 7) is 4.55. The molecule has 0 unspecified atom stereocenters. The third-order valence-electron chi connectivity index (χ3n) is 6.56. The summed E-state index contributed by atoms with van der Waals surface area (Å²) in [5.74, 6) is 0.442. The van der Waals surface area contributed by atoms with Crippen molar-refractivity contribution >= 4 is 34.1 Å². The van der Waals surface area contributed by atoms with E-state index in [0.29, 0.717) is 43.2 Å². The number of nitrogens with zero attached hydrogens (tertiary/aromatic N) is 3. The largest absolute Gasteiger partial charge is 0.496 e. The maximum atomic E-state index is 13.2. The summed E-state index contributed by atoms with van der Waals surface area (Å²) >= 11 is 0. The van der Waals surface area contributed by atoms with Crippen molar-refractivity contribution in [3.8, 4) is 5.75 Å². The van der Waals surface area contributed by atoms with Gasteiger partial charge in [0.15, 0.2) is 0 Å². The summed E-state index contributed by atoms with van der Waals surface area (Å²) in [6.07, 6.45) is 0. The Labute approximate surface area is 210 Å². The molecule has 2 heterocycles. The fraction of sp³-hybridized carbons (Fsp3) is 0.207. The Hall–Kier alpha value is -4.39. The lowest BCUT2D eigenvalue weighted by molar-refractivity contribution is 0.0740. The molecule has 5 rings (SSSR count). The molecule has 7 heteroatoms. The first-order valence-electron chi connectivity index (χ1n) is 12.0. The molecule has 3 aromatic carbocycles. The van der Waals surface area contributed by atoms with Gasteiger partial charge in [0, 0.05) is 54.6 Å². The summed E-state index contributed by atoms with van der Waals surface area (Å²) in [4.78, 5) is 34.4. The second-order valence-electron chi connectivity index (χ2n) is 8.82. The lowest BCUT2D eigenvalue weighted by Crippen LogP contribution is -2.49. The van der Waals surface area contributed by atoms with Crippen LogP contribution in [-0.4, -0.2) is 55.0 Å². The maximum Gasteiger partial charge on any atom is 0.272 e. The number of methoxy groups -OCH3 is 1. The minimum atomic E-state index is -0.119. The maximum absolute atomic E-state index is 13.2. The number of piperazine rings is 1. The molecule has 0 radical (unpaired) electrons. The van der Waals surface area contributed by atoms with Gasteiger partial charge in [-0.3, -0.25) is 9.59 Å². The molecule has 1 aliphatic rings. The summed E-state index contributed by atoms with van der Waals surface area (Å²) in [7, 11) is 1.61. The van der Waals surface area contributed by atoms with Gasteiger partial charge in [-0.15, -0.1) is 0 Å². The summed E-state index contributed by atoms with van der Waals surface area (Å²) in [5, 5.41) is 3.85. The van der Waals surface area contributed by atoms with Crippen LogP contribution >= 0.6 is 0 Å². The smallest absolute Gasteiger partial charge is 0.272 e. The molecular formula is C29H28N4O3. The van der Waals surface area contributed by atoms with Gasteiger partial charge >= 0.3 is 0 Å². The van der Waals surface area contributed by atoms with E-state index in [1.165, 1.54) is 0 Å². The topological polar surface area (TPSA) is 74.8 Å². The quantitative estimate of drug-likeness (QED) is 0.446. The summed E-state index contributed by atoms with van der Waals surface area (Å²) < 4.78 is 5.50. The SMILES string of the molecule is COc1cc(C(=O)N2CCN(c3ccc(NC(=O)c4ccccc4C)cc3)CC2)nc2ccccc12. The second kappa shape index (κ2) is 10.1. The number of para-hydroxylation sites is 1. The van der Waals surface area contributed by atoms with Gasteiger partial charge in [-0.1, -0.05) is 30.3 Å². The van der Waals surface area contributed by atoms with E-state index in [-0.39, 0.29) is 11.8 Å². The number of benzene rings is 3. The highest BCUT2D eigenvalue weighted by molar-refractivity contribution is 6.05. The zero-order valence-electron chi connectivity index (χ0n) is 20.4. The first-order chi connectivity index (χ1) is 17.5. The predicted molar refractivity (Wildman–Crippen MR) is 142 cm³/mol. The minimum Gasteiger partial charge on any atom is -0.496 e. The van der Waals surface area contributed by atoms with Crippen LogP contribution in [0.2, 0.25) is 0 Å². The predicted octanol–water partition coefficient (Wildman–Crippen LogP) is 4.77. The number of pyridine rings is 1. The van der Waals surface area contributed by atoms with Crippen LogP contribution in [0.3, 0.4) is 0 Å². The molecule has 2 amide bonds. The van der Waals surface area contributed by atoms with Crippen LogP contribution in [-0.2, 0) is 0 Å². The van der Waals surface area contributed by atoms with Gasteiger partial charge in [0.2, 0.25) is 0 Å². The highest BCUT2D eigenvalue weighted by Gasteiger charge is 2.24. The van der Waals surface area contributed by atoms with Crippen LogP contribution in [0, 0.1) is 6.92 Å². The van der Waals surface area contributed by atoms with E-state index < -0.39 is 0 Å². The molecule has 1 saturated heterocycles. The molecule has 0 saturated carbocycles. The molecule has 1 aliphatic heterocycles. The van der Waals surface area contributed by atoms with Crippen molar-refractivity contribution < 1.29 is 14.3 Å². The Morgan fingerprint density at radius 3 is 2.31 bits per heavy atom. The Balaban J connectivity index is 1.22. The minimum absolute atomic E-state index is 0.0898. The van der Waals surface area contributed by atoms with E-state index in [1.54, 1.807) is 13.2 Å². The van der Waals surface area contributed by atoms with Gasteiger partial charge in [0.25, 0.3) is 11.8 Å². The third kappa shape index (κ3) is 4.73. The van der Waals surface area contributed by atoms with Gasteiger partial charge in [-0.25, -0.2) is 4.98 Å². The first kappa shape index (κ1) is 23.4. The average Bonchev–Trinajstić information content (AvgIpc) is 2.92. The lowest BCUT2D eigenvalue weighted by atomic mass is 10.1. The molecule has 0 aliphatic carbocycles. The second-order valence-corrected chi connectivity index (χ2v) is 8.82. The number of anilines is 2. The fourth-order valence-electron chi connectivity index (χ4n) is 4.53. The van der Waals surface area contributed by atoms with E-state index in [2.05, 4.69) is 15.2 Å². The highest BCUT2D eigenvalue weighted by Crippen LogP contribution is 2.26. The molecule has 0 spiro atoms. The zero-order valence-corrected chi connectivity index (χ0v) is 20.4. The Morgan fingerprint density at radius 1 is 0.889 bits per heavy atom. The standard InChI is InChI=1S/C29H28N4O3/c1-20-7-3-4-8-23(20)28(34)30-21-11-13-22(14-12-21)32-15-17-33(18-16-32)29(35)26-19-27(36-2)24-9-5-6-10-25(24)31-26/h3-14,19H,15-18H2,1-2H3,(H,30,34). The number of carbonyl (C=O) groups is 2. The van der Waals surface area contributed by atoms with Crippen LogP contribution in [0.4, 0.5) is 11.4 Å². The number of rotatable bonds is 5. The number of ether oxygens (including phenoxy) is 1. The molecule has 0 atom stereocenters. The Bertz CT molecular complexity index is 1410. The van der Waals surface area contributed by atoms with Crippen molar-refractivity contribution in [2.45, 2.75) is 6.92 Å². The van der Waals surface area contributed by atoms with Crippen molar-refractivity contribution in [2.75, 3.05) is 43.5 Å². The number of carbonyl (C=O) groups excluding carboxylic acids is 2. The van der Waals surface area contributed by atoms with Crippen LogP contribution in [0.1, 0.15) is 26.4 Å². The number of fused-ring (bicyclic) bond motifs is 1. The normalized spacial score (nSPS) is 13.5. The number of amides is 2. The van der Waals surface area contributed by atoms with Crippen molar-refractivity contribution in [2.24, 2.45) is 0 Å². The number of hydrogen-bond donors (Lipinski definition) is 1. The molecule has 0 bridgehead atoms. The molecular weight excluding hydrogens is 452 g/mol. The van der Waals surface area contributed by atoms with E-state index in [0.717, 1.165) is 27.8 Å². The molecule has 1 aromatic heterocycles. The Morgan fingerprint density at radius 2 is 1.58 bits per heavy atom. The van der Waals surface area contributed by atoms with Gasteiger partial charge in [0.1, 0.15) is 11.4 Å². The summed E-state index contributed by atoms with van der Waals surface area (Å²) in [6, 6.07) is 24.7. The van der Waals surface area contributed by atoms with E-state index in [9.17, 15) is 9.59 Å². The van der Waals surface area contributed by atoms with Crippen molar-refractivity contribution in [1.82, 2.24) is 9.88 Å². The number of aromatic nitrogens is 1. The van der Waals surface area contributed by atoms with Gasteiger partial charge < -0.3 is 19.9 Å². The van der Waals surface area contributed by atoms with Crippen LogP contribution in [0.5, 0.6) is 5.75 Å². The van der Waals surface area contributed by atoms with E-state index >= 15 is 0 Å². The highest BCUT2D eigenvalue weighted by atomic mass is 16.5. The van der Waals surface area contributed by atoms with Crippen LogP contribution in [0.25, 0.3) is 10.9 Å². The first-order valence-corrected chi connectivity index (χ1v) is 12.0. The number of aryl methyl sites for hydroxylation is 1. The van der Waals surface area contributed by atoms with Crippen LogP contribution < -0.4 is 15.0 Å². The van der Waals surface area contributed by atoms with E-state index in [1.807, 2.05) is 84.6 Å². The molecule has 4 aromatic rings. The number of nitrogens with one attached hydrogen (secondary N) is 1. The summed E-state index contributed by atoms with van der Waals surface area (Å²) in [5.41, 5.74) is 4.55. The van der Waals surface area contributed by atoms with Gasteiger partial charge in [0.05, 0.1) is 12.6 Å². The van der Waals surface area contributed by atoms with Gasteiger partial charge in [-0.05, 0) is 55.0 Å². The van der Waals surface area contributed by atoms with Crippen molar-refractivity contribution in [3.05, 3.63) is 95.7 Å². The molecule has 36 heavy (non-hydrogen) atoms. The monoisotopic (exact) mass is 480 g/mol. The molecule has 1 fully saturated rings. The van der Waals surface area contributed by atoms with Gasteiger partial charge in [-0.2, -0.15) is 0 Å². The third-order valence-corrected chi connectivity index (χ3v) is 6.56. The van der Waals surface area contributed by atoms with Crippen molar-refractivity contribution in [3.63, 3.8) is 0 Å². The lowest BCUT2D eigenvalue weighted by Gasteiger charge is -2.36. The fourth-order valence-corrected chi connectivity index (χ4v) is 4.53. The molecule has 1 N–H and O–H groups in total. The van der Waals surface area contributed by atoms with Crippen molar-refractivity contribution in [1.29, 1.82) is 0 Å².